The smallest absolute Gasteiger partial charge is 0.132 e. The van der Waals surface area contributed by atoms with Gasteiger partial charge in [0.15, 0.2) is 0 Å². The summed E-state index contributed by atoms with van der Waals surface area (Å²) in [5.74, 6) is 7.05. The molecule has 0 fully saturated rings. The molecule has 2 aromatic rings. The quantitative estimate of drug-likeness (QED) is 0.632. The second-order valence-electron chi connectivity index (χ2n) is 5.08. The summed E-state index contributed by atoms with van der Waals surface area (Å²) in [6.45, 7) is 6.67. The number of nitrogens with zero attached hydrogens (tertiary/aromatic N) is 2. The molecule has 110 valence electrons. The van der Waals surface area contributed by atoms with Crippen molar-refractivity contribution in [2.45, 2.75) is 33.4 Å². The van der Waals surface area contributed by atoms with Crippen molar-refractivity contribution in [3.8, 4) is 17.6 Å². The monoisotopic (exact) mass is 302 g/mol. The molecule has 1 aromatic heterocycles. The number of benzene rings is 1. The number of aromatic nitrogens is 2. The van der Waals surface area contributed by atoms with Crippen LogP contribution in [0.5, 0.6) is 5.75 Å². The molecule has 0 saturated heterocycles. The zero-order valence-corrected chi connectivity index (χ0v) is 13.3. The third-order valence-electron chi connectivity index (χ3n) is 3.07. The Balaban J connectivity index is 2.01. The van der Waals surface area contributed by atoms with Gasteiger partial charge in [0, 0.05) is 17.8 Å². The number of alkyl halides is 1. The Morgan fingerprint density at radius 1 is 1.33 bits per heavy atom. The maximum atomic E-state index is 5.78. The fourth-order valence-electron chi connectivity index (χ4n) is 1.89. The molecule has 1 aromatic carbocycles. The summed E-state index contributed by atoms with van der Waals surface area (Å²) >= 11 is 5.57. The molecule has 0 unspecified atom stereocenters. The van der Waals surface area contributed by atoms with Crippen LogP contribution in [-0.2, 0) is 6.61 Å². The Labute approximate surface area is 130 Å². The largest absolute Gasteiger partial charge is 0.487 e. The first-order valence-electron chi connectivity index (χ1n) is 6.92. The van der Waals surface area contributed by atoms with Crippen LogP contribution in [0.2, 0.25) is 0 Å². The van der Waals surface area contributed by atoms with Crippen LogP contribution in [-0.4, -0.2) is 15.7 Å². The van der Waals surface area contributed by atoms with E-state index in [1.54, 1.807) is 0 Å². The minimum absolute atomic E-state index is 0.343. The summed E-state index contributed by atoms with van der Waals surface area (Å²) in [5.41, 5.74) is 2.98. The van der Waals surface area contributed by atoms with Gasteiger partial charge in [-0.15, -0.1) is 11.6 Å². The molecule has 0 aliphatic heterocycles. The van der Waals surface area contributed by atoms with E-state index in [2.05, 4.69) is 30.8 Å². The van der Waals surface area contributed by atoms with Crippen LogP contribution >= 0.6 is 11.6 Å². The lowest BCUT2D eigenvalue weighted by atomic mass is 10.1. The third-order valence-corrected chi connectivity index (χ3v) is 3.20. The van der Waals surface area contributed by atoms with Crippen molar-refractivity contribution in [3.05, 3.63) is 47.3 Å². The second-order valence-corrected chi connectivity index (χ2v) is 5.35. The minimum Gasteiger partial charge on any atom is -0.487 e. The summed E-state index contributed by atoms with van der Waals surface area (Å²) in [5, 5.41) is 4.46. The molecule has 0 N–H and O–H groups in total. The second kappa shape index (κ2) is 7.19. The highest BCUT2D eigenvalue weighted by molar-refractivity contribution is 6.19. The van der Waals surface area contributed by atoms with Gasteiger partial charge in [-0.05, 0) is 50.6 Å². The lowest BCUT2D eigenvalue weighted by molar-refractivity contribution is 0.298. The van der Waals surface area contributed by atoms with Gasteiger partial charge in [0.2, 0.25) is 0 Å². The summed E-state index contributed by atoms with van der Waals surface area (Å²) in [6.07, 6.45) is 1.97. The van der Waals surface area contributed by atoms with Crippen LogP contribution < -0.4 is 4.74 Å². The molecule has 0 aliphatic rings. The van der Waals surface area contributed by atoms with Crippen LogP contribution in [0.15, 0.2) is 30.5 Å². The molecule has 0 radical (unpaired) electrons. The number of ether oxygens (including phenoxy) is 1. The van der Waals surface area contributed by atoms with Crippen molar-refractivity contribution < 1.29 is 4.74 Å². The standard InChI is InChI=1S/C17H19ClN2O/c1-13(2)20-10-8-16(19-20)12-21-17-7-6-15(5-4-9-18)14(3)11-17/h6-8,10-11,13H,9,12H2,1-3H3. The lowest BCUT2D eigenvalue weighted by Crippen LogP contribution is -2.03. The fraction of sp³-hybridized carbons (Fsp3) is 0.353. The maximum absolute atomic E-state index is 5.78. The summed E-state index contributed by atoms with van der Waals surface area (Å²) in [7, 11) is 0. The van der Waals surface area contributed by atoms with E-state index in [9.17, 15) is 0 Å². The number of halogens is 1. The van der Waals surface area contributed by atoms with Gasteiger partial charge in [-0.25, -0.2) is 0 Å². The van der Waals surface area contributed by atoms with Crippen molar-refractivity contribution in [2.75, 3.05) is 5.88 Å². The van der Waals surface area contributed by atoms with Crippen molar-refractivity contribution in [1.82, 2.24) is 9.78 Å². The van der Waals surface area contributed by atoms with Crippen molar-refractivity contribution in [2.24, 2.45) is 0 Å². The molecule has 0 atom stereocenters. The fourth-order valence-corrected chi connectivity index (χ4v) is 1.96. The molecular weight excluding hydrogens is 284 g/mol. The first-order valence-corrected chi connectivity index (χ1v) is 7.46. The molecule has 2 rings (SSSR count). The van der Waals surface area contributed by atoms with E-state index in [0.29, 0.717) is 18.5 Å². The molecule has 0 aliphatic carbocycles. The van der Waals surface area contributed by atoms with E-state index >= 15 is 0 Å². The first-order chi connectivity index (χ1) is 10.1. The maximum Gasteiger partial charge on any atom is 0.132 e. The van der Waals surface area contributed by atoms with E-state index < -0.39 is 0 Å². The third kappa shape index (κ3) is 4.27. The number of rotatable bonds is 4. The van der Waals surface area contributed by atoms with Gasteiger partial charge in [0.25, 0.3) is 0 Å². The van der Waals surface area contributed by atoms with E-state index in [-0.39, 0.29) is 0 Å². The molecule has 0 spiro atoms. The Morgan fingerprint density at radius 2 is 2.14 bits per heavy atom. The van der Waals surface area contributed by atoms with E-state index in [4.69, 9.17) is 16.3 Å². The predicted molar refractivity (Wildman–Crippen MR) is 85.7 cm³/mol. The summed E-state index contributed by atoms with van der Waals surface area (Å²) in [4.78, 5) is 0. The summed E-state index contributed by atoms with van der Waals surface area (Å²) < 4.78 is 7.70. The van der Waals surface area contributed by atoms with Crippen molar-refractivity contribution in [1.29, 1.82) is 0 Å². The molecule has 3 nitrogen and oxygen atoms in total. The zero-order valence-electron chi connectivity index (χ0n) is 12.6. The molecule has 21 heavy (non-hydrogen) atoms. The average Bonchev–Trinajstić information content (AvgIpc) is 2.93. The topological polar surface area (TPSA) is 27.1 Å². The van der Waals surface area contributed by atoms with Crippen LogP contribution in [0, 0.1) is 18.8 Å². The Bertz CT molecular complexity index is 665. The normalized spacial score (nSPS) is 10.3. The van der Waals surface area contributed by atoms with Crippen LogP contribution in [0.3, 0.4) is 0 Å². The van der Waals surface area contributed by atoms with E-state index in [0.717, 1.165) is 22.6 Å². The highest BCUT2D eigenvalue weighted by Crippen LogP contribution is 2.18. The van der Waals surface area contributed by atoms with Crippen LogP contribution in [0.4, 0.5) is 0 Å². The number of hydrogen-bond acceptors (Lipinski definition) is 2. The SMILES string of the molecule is Cc1cc(OCc2ccn(C(C)C)n2)ccc1C#CCCl. The first kappa shape index (κ1) is 15.5. The van der Waals surface area contributed by atoms with Crippen molar-refractivity contribution in [3.63, 3.8) is 0 Å². The molecule has 0 amide bonds. The predicted octanol–water partition coefficient (Wildman–Crippen LogP) is 3.94. The molecular formula is C17H19ClN2O. The highest BCUT2D eigenvalue weighted by Gasteiger charge is 2.04. The van der Waals surface area contributed by atoms with Gasteiger partial charge in [0.05, 0.1) is 11.6 Å². The van der Waals surface area contributed by atoms with Gasteiger partial charge in [0.1, 0.15) is 12.4 Å². The van der Waals surface area contributed by atoms with Gasteiger partial charge in [-0.3, -0.25) is 4.68 Å². The molecule has 1 heterocycles. The van der Waals surface area contributed by atoms with Crippen LogP contribution in [0.25, 0.3) is 0 Å². The van der Waals surface area contributed by atoms with Gasteiger partial charge < -0.3 is 4.74 Å². The number of hydrogen-bond donors (Lipinski definition) is 0. The average molecular weight is 303 g/mol. The van der Waals surface area contributed by atoms with E-state index in [1.807, 2.05) is 42.1 Å². The van der Waals surface area contributed by atoms with Crippen molar-refractivity contribution >= 4 is 11.6 Å². The zero-order chi connectivity index (χ0) is 15.2. The molecule has 4 heteroatoms. The number of aryl methyl sites for hydroxylation is 1. The minimum atomic E-state index is 0.343. The highest BCUT2D eigenvalue weighted by atomic mass is 35.5. The van der Waals surface area contributed by atoms with Crippen LogP contribution in [0.1, 0.15) is 36.7 Å². The molecule has 0 bridgehead atoms. The van der Waals surface area contributed by atoms with Gasteiger partial charge in [-0.1, -0.05) is 11.8 Å². The summed E-state index contributed by atoms with van der Waals surface area (Å²) in [6, 6.07) is 8.20. The Kier molecular flexibility index (Phi) is 5.30. The Morgan fingerprint density at radius 3 is 2.76 bits per heavy atom. The Hall–Kier alpha value is -1.92. The van der Waals surface area contributed by atoms with Gasteiger partial charge in [-0.2, -0.15) is 5.10 Å². The van der Waals surface area contributed by atoms with Gasteiger partial charge >= 0.3 is 0 Å². The lowest BCUT2D eigenvalue weighted by Gasteiger charge is -2.07. The van der Waals surface area contributed by atoms with E-state index in [1.165, 1.54) is 0 Å². The molecule has 0 saturated carbocycles.